The Morgan fingerprint density at radius 1 is 1.26 bits per heavy atom. The van der Waals surface area contributed by atoms with Crippen molar-refractivity contribution in [2.45, 2.75) is 24.3 Å². The predicted molar refractivity (Wildman–Crippen MR) is 104 cm³/mol. The Balaban J connectivity index is 1.64. The molecule has 1 aromatic carbocycles. The van der Waals surface area contributed by atoms with Crippen LogP contribution in [0.3, 0.4) is 0 Å². The van der Waals surface area contributed by atoms with E-state index in [1.165, 1.54) is 18.7 Å². The van der Waals surface area contributed by atoms with Gasteiger partial charge < -0.3 is 15.0 Å². The lowest BCUT2D eigenvalue weighted by molar-refractivity contribution is -0.115. The number of nitrogens with one attached hydrogen (secondary N) is 1. The number of rotatable bonds is 6. The second kappa shape index (κ2) is 8.53. The molecule has 1 unspecified atom stereocenters. The molecule has 8 nitrogen and oxygen atoms in total. The molecule has 2 heterocycles. The van der Waals surface area contributed by atoms with Gasteiger partial charge in [-0.1, -0.05) is 23.9 Å². The van der Waals surface area contributed by atoms with E-state index >= 15 is 0 Å². The number of carbonyl (C=O) groups excluding carboxylic acids is 2. The van der Waals surface area contributed by atoms with Crippen molar-refractivity contribution in [2.75, 3.05) is 36.5 Å². The normalized spacial score (nSPS) is 15.4. The summed E-state index contributed by atoms with van der Waals surface area (Å²) in [5, 5.41) is 11.6. The molecule has 144 valence electrons. The summed E-state index contributed by atoms with van der Waals surface area (Å²) in [6, 6.07) is 6.92. The Morgan fingerprint density at radius 2 is 2.00 bits per heavy atom. The first-order valence-electron chi connectivity index (χ1n) is 8.76. The summed E-state index contributed by atoms with van der Waals surface area (Å²) in [4.78, 5) is 26.1. The van der Waals surface area contributed by atoms with E-state index < -0.39 is 0 Å². The lowest BCUT2D eigenvalue weighted by atomic mass is 10.1. The molecule has 0 spiro atoms. The van der Waals surface area contributed by atoms with Crippen molar-refractivity contribution >= 4 is 35.1 Å². The maximum absolute atomic E-state index is 12.5. The molecule has 1 N–H and O–H groups in total. The predicted octanol–water partition coefficient (Wildman–Crippen LogP) is 1.97. The molecular formula is C18H23N5O3S. The zero-order chi connectivity index (χ0) is 19.4. The summed E-state index contributed by atoms with van der Waals surface area (Å²) in [6.45, 7) is 6.22. The molecular weight excluding hydrogens is 366 g/mol. The summed E-state index contributed by atoms with van der Waals surface area (Å²) in [5.41, 5.74) is 1.17. The molecule has 27 heavy (non-hydrogen) atoms. The van der Waals surface area contributed by atoms with E-state index in [2.05, 4.69) is 20.4 Å². The second-order valence-electron chi connectivity index (χ2n) is 6.33. The van der Waals surface area contributed by atoms with Crippen LogP contribution in [0, 0.1) is 0 Å². The van der Waals surface area contributed by atoms with Gasteiger partial charge in [-0.15, -0.1) is 10.2 Å². The van der Waals surface area contributed by atoms with Gasteiger partial charge in [0.05, 0.1) is 18.5 Å². The first kappa shape index (κ1) is 19.4. The third-order valence-corrected chi connectivity index (χ3v) is 5.43. The van der Waals surface area contributed by atoms with Gasteiger partial charge in [-0.25, -0.2) is 0 Å². The number of thioether (sulfide) groups is 1. The highest BCUT2D eigenvalue weighted by Gasteiger charge is 2.22. The second-order valence-corrected chi connectivity index (χ2v) is 7.64. The third-order valence-electron chi connectivity index (χ3n) is 4.29. The summed E-state index contributed by atoms with van der Waals surface area (Å²) >= 11 is 1.35. The number of benzene rings is 1. The van der Waals surface area contributed by atoms with Crippen LogP contribution in [-0.2, 0) is 16.6 Å². The lowest BCUT2D eigenvalue weighted by Crippen LogP contribution is -2.37. The molecule has 0 radical (unpaired) electrons. The maximum atomic E-state index is 12.5. The number of Topliss-reactive ketones (excluding diaryl/α,β-unsaturated/α-hetero) is 1. The quantitative estimate of drug-likeness (QED) is 0.597. The molecule has 9 heteroatoms. The number of aromatic nitrogens is 3. The van der Waals surface area contributed by atoms with Gasteiger partial charge in [0.1, 0.15) is 0 Å². The fraction of sp³-hybridized carbons (Fsp3) is 0.444. The Kier molecular flexibility index (Phi) is 6.12. The first-order valence-corrected chi connectivity index (χ1v) is 9.64. The van der Waals surface area contributed by atoms with Crippen molar-refractivity contribution in [3.8, 4) is 0 Å². The van der Waals surface area contributed by atoms with Crippen LogP contribution in [0.25, 0.3) is 0 Å². The minimum Gasteiger partial charge on any atom is -0.378 e. The minimum absolute atomic E-state index is 0.0387. The van der Waals surface area contributed by atoms with Gasteiger partial charge in [0.25, 0.3) is 0 Å². The smallest absolute Gasteiger partial charge is 0.237 e. The van der Waals surface area contributed by atoms with Crippen molar-refractivity contribution in [3.05, 3.63) is 29.8 Å². The van der Waals surface area contributed by atoms with Crippen molar-refractivity contribution in [2.24, 2.45) is 7.05 Å². The maximum Gasteiger partial charge on any atom is 0.237 e. The number of hydrogen-bond donors (Lipinski definition) is 1. The van der Waals surface area contributed by atoms with Gasteiger partial charge in [0.2, 0.25) is 11.9 Å². The molecule has 0 aliphatic carbocycles. The molecule has 1 fully saturated rings. The zero-order valence-corrected chi connectivity index (χ0v) is 16.5. The molecule has 0 saturated carbocycles. The lowest BCUT2D eigenvalue weighted by Gasteiger charge is -2.27. The van der Waals surface area contributed by atoms with Crippen LogP contribution in [0.2, 0.25) is 0 Å². The molecule has 1 saturated heterocycles. The Labute approximate surface area is 162 Å². The van der Waals surface area contributed by atoms with E-state index in [0.29, 0.717) is 29.6 Å². The molecule has 2 aromatic rings. The Morgan fingerprint density at radius 3 is 2.70 bits per heavy atom. The summed E-state index contributed by atoms with van der Waals surface area (Å²) in [6.07, 6.45) is 0. The van der Waals surface area contributed by atoms with Crippen LogP contribution < -0.4 is 10.2 Å². The van der Waals surface area contributed by atoms with Gasteiger partial charge in [0.15, 0.2) is 10.9 Å². The van der Waals surface area contributed by atoms with E-state index in [4.69, 9.17) is 4.74 Å². The van der Waals surface area contributed by atoms with Crippen molar-refractivity contribution < 1.29 is 14.3 Å². The highest BCUT2D eigenvalue weighted by Crippen LogP contribution is 2.25. The monoisotopic (exact) mass is 389 g/mol. The van der Waals surface area contributed by atoms with E-state index in [0.717, 1.165) is 19.0 Å². The van der Waals surface area contributed by atoms with Crippen LogP contribution in [0.5, 0.6) is 0 Å². The van der Waals surface area contributed by atoms with E-state index in [1.54, 1.807) is 24.3 Å². The molecule has 1 atom stereocenters. The Hall–Kier alpha value is -2.39. The summed E-state index contributed by atoms with van der Waals surface area (Å²) < 4.78 is 7.26. The van der Waals surface area contributed by atoms with Crippen molar-refractivity contribution in [1.82, 2.24) is 14.8 Å². The van der Waals surface area contributed by atoms with Gasteiger partial charge >= 0.3 is 0 Å². The zero-order valence-electron chi connectivity index (χ0n) is 15.6. The third kappa shape index (κ3) is 4.67. The highest BCUT2D eigenvalue weighted by atomic mass is 32.2. The number of ether oxygens (including phenoxy) is 1. The van der Waals surface area contributed by atoms with Crippen LogP contribution >= 0.6 is 11.8 Å². The average Bonchev–Trinajstić information content (AvgIpc) is 3.03. The topological polar surface area (TPSA) is 89.3 Å². The Bertz CT molecular complexity index is 832. The SMILES string of the molecule is CC(=O)c1cccc(NC(=O)C(C)Sc2nnc(N3CCOCC3)n2C)c1. The molecule has 1 aromatic heterocycles. The molecule has 1 aliphatic heterocycles. The van der Waals surface area contributed by atoms with Crippen molar-refractivity contribution in [1.29, 1.82) is 0 Å². The molecule has 1 aliphatic rings. The van der Waals surface area contributed by atoms with Gasteiger partial charge in [0, 0.05) is 31.4 Å². The van der Waals surface area contributed by atoms with Crippen molar-refractivity contribution in [3.63, 3.8) is 0 Å². The van der Waals surface area contributed by atoms with Crippen LogP contribution in [0.4, 0.5) is 11.6 Å². The van der Waals surface area contributed by atoms with Gasteiger partial charge in [-0.3, -0.25) is 14.2 Å². The number of nitrogens with zero attached hydrogens (tertiary/aromatic N) is 4. The first-order chi connectivity index (χ1) is 13.0. The number of morpholine rings is 1. The number of hydrogen-bond acceptors (Lipinski definition) is 7. The molecule has 1 amide bonds. The largest absolute Gasteiger partial charge is 0.378 e. The van der Waals surface area contributed by atoms with E-state index in [1.807, 2.05) is 18.5 Å². The summed E-state index contributed by atoms with van der Waals surface area (Å²) in [7, 11) is 1.90. The minimum atomic E-state index is -0.369. The molecule has 3 rings (SSSR count). The van der Waals surface area contributed by atoms with Crippen LogP contribution in [0.15, 0.2) is 29.4 Å². The fourth-order valence-electron chi connectivity index (χ4n) is 2.72. The molecule has 0 bridgehead atoms. The van der Waals surface area contributed by atoms with Crippen LogP contribution in [0.1, 0.15) is 24.2 Å². The van der Waals surface area contributed by atoms with E-state index in [9.17, 15) is 9.59 Å². The number of anilines is 2. The summed E-state index contributed by atoms with van der Waals surface area (Å²) in [5.74, 6) is 0.586. The van der Waals surface area contributed by atoms with Gasteiger partial charge in [-0.05, 0) is 26.0 Å². The van der Waals surface area contributed by atoms with Crippen LogP contribution in [-0.4, -0.2) is 58.0 Å². The fourth-order valence-corrected chi connectivity index (χ4v) is 3.53. The number of carbonyl (C=O) groups is 2. The average molecular weight is 389 g/mol. The highest BCUT2D eigenvalue weighted by molar-refractivity contribution is 8.00. The van der Waals surface area contributed by atoms with E-state index in [-0.39, 0.29) is 16.9 Å². The number of amides is 1. The van der Waals surface area contributed by atoms with Gasteiger partial charge in [-0.2, -0.15) is 0 Å². The number of ketones is 1. The standard InChI is InChI=1S/C18H23N5O3S/c1-12(24)14-5-4-6-15(11-14)19-16(25)13(2)27-18-21-20-17(22(18)3)23-7-9-26-10-8-23/h4-6,11,13H,7-10H2,1-3H3,(H,19,25).